The second-order valence-electron chi connectivity index (χ2n) is 11.1. The molecule has 2 atom stereocenters. The molecule has 0 bridgehead atoms. The summed E-state index contributed by atoms with van der Waals surface area (Å²) in [5.74, 6) is 0.912. The molecule has 1 saturated carbocycles. The first-order valence-electron chi connectivity index (χ1n) is 13.7. The zero-order valence-corrected chi connectivity index (χ0v) is 23.1. The van der Waals surface area contributed by atoms with Crippen LogP contribution in [0.1, 0.15) is 44.2 Å². The Morgan fingerprint density at radius 1 is 1.05 bits per heavy atom. The zero-order valence-electron chi connectivity index (χ0n) is 22.3. The van der Waals surface area contributed by atoms with Gasteiger partial charge in [0, 0.05) is 63.0 Å². The molecule has 0 spiro atoms. The van der Waals surface area contributed by atoms with E-state index in [1.54, 1.807) is 24.4 Å². The molecule has 1 saturated heterocycles. The molecule has 4 heterocycles. The first kappa shape index (κ1) is 26.0. The number of hydrogen-bond donors (Lipinski definition) is 1. The number of aromatic nitrogens is 2. The lowest BCUT2D eigenvalue weighted by atomic mass is 10.0. The van der Waals surface area contributed by atoms with E-state index in [9.17, 15) is 9.18 Å². The molecular formula is C31H33FN4O2S. The van der Waals surface area contributed by atoms with Crippen LogP contribution in [-0.2, 0) is 17.8 Å². The fraction of sp³-hybridized carbons (Fsp3) is 0.387. The number of benzene rings is 1. The van der Waals surface area contributed by atoms with E-state index in [0.717, 1.165) is 53.3 Å². The van der Waals surface area contributed by atoms with Crippen molar-refractivity contribution in [3.05, 3.63) is 71.8 Å². The maximum atomic E-state index is 14.9. The summed E-state index contributed by atoms with van der Waals surface area (Å²) in [7, 11) is 0. The number of nitrogens with one attached hydrogen (secondary N) is 1. The van der Waals surface area contributed by atoms with E-state index in [-0.39, 0.29) is 18.0 Å². The van der Waals surface area contributed by atoms with Crippen molar-refractivity contribution in [2.45, 2.75) is 58.2 Å². The number of Topliss-reactive ketones (excluding diaryl/α,β-unsaturated/α-hetero) is 1. The summed E-state index contributed by atoms with van der Waals surface area (Å²) in [6.07, 6.45) is 6.75. The van der Waals surface area contributed by atoms with E-state index in [1.807, 2.05) is 12.3 Å². The number of piperazine rings is 1. The Labute approximate surface area is 232 Å². The highest BCUT2D eigenvalue weighted by atomic mass is 32.1. The number of nitrogens with zero attached hydrogens (tertiary/aromatic N) is 3. The van der Waals surface area contributed by atoms with Crippen molar-refractivity contribution in [1.82, 2.24) is 20.2 Å². The van der Waals surface area contributed by atoms with Crippen molar-refractivity contribution in [3.8, 4) is 22.1 Å². The third kappa shape index (κ3) is 6.35. The molecule has 202 valence electrons. The number of ether oxygens (including phenoxy) is 1. The minimum Gasteiger partial charge on any atom is -0.453 e. The molecule has 1 aromatic carbocycles. The molecule has 1 N–H and O–H groups in total. The lowest BCUT2D eigenvalue weighted by Crippen LogP contribution is -2.53. The molecule has 1 aliphatic heterocycles. The van der Waals surface area contributed by atoms with E-state index >= 15 is 0 Å². The van der Waals surface area contributed by atoms with Crippen LogP contribution in [0, 0.1) is 11.7 Å². The number of fused-ring (bicyclic) bond motifs is 1. The Kier molecular flexibility index (Phi) is 7.42. The predicted octanol–water partition coefficient (Wildman–Crippen LogP) is 6.38. The maximum Gasteiger partial charge on any atom is 0.166 e. The molecule has 6 nitrogen and oxygen atoms in total. The van der Waals surface area contributed by atoms with Crippen LogP contribution in [0.3, 0.4) is 0 Å². The predicted molar refractivity (Wildman–Crippen MR) is 153 cm³/mol. The minimum atomic E-state index is -0.473. The summed E-state index contributed by atoms with van der Waals surface area (Å²) in [6, 6.07) is 13.7. The van der Waals surface area contributed by atoms with Gasteiger partial charge in [-0.1, -0.05) is 12.1 Å². The Balaban J connectivity index is 1.16. The molecule has 2 aliphatic rings. The van der Waals surface area contributed by atoms with Crippen molar-refractivity contribution >= 4 is 27.3 Å². The zero-order chi connectivity index (χ0) is 26.9. The number of pyridine rings is 2. The molecule has 1 aliphatic carbocycles. The molecule has 6 rings (SSSR count). The van der Waals surface area contributed by atoms with E-state index in [1.165, 1.54) is 23.0 Å². The summed E-state index contributed by atoms with van der Waals surface area (Å²) in [5.41, 5.74) is 3.53. The molecule has 3 aromatic heterocycles. The van der Waals surface area contributed by atoms with Gasteiger partial charge in [0.25, 0.3) is 0 Å². The van der Waals surface area contributed by atoms with Crippen LogP contribution in [0.25, 0.3) is 20.8 Å². The topological polar surface area (TPSA) is 67.4 Å². The number of hydrogen-bond acceptors (Lipinski definition) is 7. The maximum absolute atomic E-state index is 14.9. The first-order chi connectivity index (χ1) is 18.9. The Morgan fingerprint density at radius 2 is 1.85 bits per heavy atom. The smallest absolute Gasteiger partial charge is 0.166 e. The molecular weight excluding hydrogens is 511 g/mol. The first-order valence-corrected chi connectivity index (χ1v) is 14.5. The van der Waals surface area contributed by atoms with Gasteiger partial charge in [-0.25, -0.2) is 4.39 Å². The average Bonchev–Trinajstić information content (AvgIpc) is 3.59. The van der Waals surface area contributed by atoms with Gasteiger partial charge in [0.05, 0.1) is 20.8 Å². The summed E-state index contributed by atoms with van der Waals surface area (Å²) in [6.45, 7) is 7.38. The van der Waals surface area contributed by atoms with Gasteiger partial charge in [-0.15, -0.1) is 11.3 Å². The largest absolute Gasteiger partial charge is 0.453 e. The third-order valence-electron chi connectivity index (χ3n) is 7.32. The monoisotopic (exact) mass is 544 g/mol. The van der Waals surface area contributed by atoms with Gasteiger partial charge in [-0.3, -0.25) is 19.7 Å². The average molecular weight is 545 g/mol. The number of carbonyl (C=O) groups excluding carboxylic acids is 1. The van der Waals surface area contributed by atoms with Crippen molar-refractivity contribution in [2.24, 2.45) is 5.92 Å². The molecule has 39 heavy (non-hydrogen) atoms. The van der Waals surface area contributed by atoms with Gasteiger partial charge in [-0.2, -0.15) is 0 Å². The van der Waals surface area contributed by atoms with Crippen LogP contribution in [-0.4, -0.2) is 45.8 Å². The minimum absolute atomic E-state index is 0.134. The Bertz CT molecular complexity index is 1470. The Morgan fingerprint density at radius 3 is 2.56 bits per heavy atom. The SMILES string of the molecule is C[C@@H]1CN(Cc2ccc(-c3cc4nccc(Oc5ccc(CC(=O)CC6CC6)cc5F)c4s3)nc2)C[C@H](C)N1. The van der Waals surface area contributed by atoms with Gasteiger partial charge in [0.15, 0.2) is 11.6 Å². The number of carbonyl (C=O) groups is 1. The van der Waals surface area contributed by atoms with Crippen LogP contribution in [0.15, 0.2) is 54.9 Å². The summed E-state index contributed by atoms with van der Waals surface area (Å²) >= 11 is 1.53. The van der Waals surface area contributed by atoms with Gasteiger partial charge in [-0.05, 0) is 68.0 Å². The highest BCUT2D eigenvalue weighted by Gasteiger charge is 2.24. The van der Waals surface area contributed by atoms with Crippen LogP contribution in [0.2, 0.25) is 0 Å². The summed E-state index contributed by atoms with van der Waals surface area (Å²) in [4.78, 5) is 24.9. The van der Waals surface area contributed by atoms with Crippen LogP contribution >= 0.6 is 11.3 Å². The van der Waals surface area contributed by atoms with Gasteiger partial charge in [0.2, 0.25) is 0 Å². The van der Waals surface area contributed by atoms with Crippen LogP contribution < -0.4 is 10.1 Å². The second kappa shape index (κ2) is 11.1. The molecule has 0 amide bonds. The lowest BCUT2D eigenvalue weighted by Gasteiger charge is -2.36. The second-order valence-corrected chi connectivity index (χ2v) is 12.1. The van der Waals surface area contributed by atoms with Gasteiger partial charge in [0.1, 0.15) is 11.5 Å². The molecule has 4 aromatic rings. The molecule has 8 heteroatoms. The van der Waals surface area contributed by atoms with E-state index in [0.29, 0.717) is 35.7 Å². The fourth-order valence-electron chi connectivity index (χ4n) is 5.41. The van der Waals surface area contributed by atoms with Crippen molar-refractivity contribution < 1.29 is 13.9 Å². The van der Waals surface area contributed by atoms with Crippen LogP contribution in [0.4, 0.5) is 4.39 Å². The van der Waals surface area contributed by atoms with Crippen molar-refractivity contribution in [3.63, 3.8) is 0 Å². The molecule has 0 radical (unpaired) electrons. The highest BCUT2D eigenvalue weighted by Crippen LogP contribution is 2.39. The fourth-order valence-corrected chi connectivity index (χ4v) is 6.45. The third-order valence-corrected chi connectivity index (χ3v) is 8.48. The highest BCUT2D eigenvalue weighted by molar-refractivity contribution is 7.22. The van der Waals surface area contributed by atoms with Crippen LogP contribution in [0.5, 0.6) is 11.5 Å². The number of halogens is 1. The molecule has 2 fully saturated rings. The van der Waals surface area contributed by atoms with E-state index in [2.05, 4.69) is 41.2 Å². The normalized spacial score (nSPS) is 19.9. The quantitative estimate of drug-likeness (QED) is 0.264. The molecule has 0 unspecified atom stereocenters. The lowest BCUT2D eigenvalue weighted by molar-refractivity contribution is -0.118. The van der Waals surface area contributed by atoms with Gasteiger partial charge < -0.3 is 10.1 Å². The standard InChI is InChI=1S/C31H33FN4O2S/c1-19-16-36(17-20(2)35-19)18-23-5-7-26(34-15-23)30-14-27-31(39-30)29(9-10-33-27)38-28-8-6-22(13-25(28)32)12-24(37)11-21-3-4-21/h5-10,13-15,19-21,35H,3-4,11-12,16-18H2,1-2H3/t19-,20+. The van der Waals surface area contributed by atoms with Crippen molar-refractivity contribution in [2.75, 3.05) is 13.1 Å². The summed E-state index contributed by atoms with van der Waals surface area (Å²) in [5, 5.41) is 3.57. The Hall–Kier alpha value is -3.20. The number of rotatable bonds is 9. The summed E-state index contributed by atoms with van der Waals surface area (Å²) < 4.78 is 21.8. The van der Waals surface area contributed by atoms with Crippen molar-refractivity contribution in [1.29, 1.82) is 0 Å². The van der Waals surface area contributed by atoms with E-state index < -0.39 is 5.82 Å². The number of ketones is 1. The van der Waals surface area contributed by atoms with Gasteiger partial charge >= 0.3 is 0 Å². The van der Waals surface area contributed by atoms with E-state index in [4.69, 9.17) is 9.72 Å². The number of thiophene rings is 1.